The lowest BCUT2D eigenvalue weighted by atomic mass is 9.90. The summed E-state index contributed by atoms with van der Waals surface area (Å²) >= 11 is 0. The zero-order valence-electron chi connectivity index (χ0n) is 33.3. The Bertz CT molecular complexity index is 947. The molecule has 0 radical (unpaired) electrons. The van der Waals surface area contributed by atoms with Crippen molar-refractivity contribution in [1.29, 1.82) is 0 Å². The standard InChI is InChI=1S/C44H78O8/c1-3-5-7-8-9-10-11-12-13-14-15-16-17-18-19-20-21-26-30-43(49)51-35-38(46)36-52-44(50)31-27-23-22-25-29-39-40(42(48)34-41(39)47)33-32-37(45)28-24-6-4-2/h22,25,32-33,37-40,42,45-46,48H,3-21,23-24,26-31,34-36H2,1-2H3/b25-22-,33-32+/t37-,38-,39+,40+,42+/m0/s1. The van der Waals surface area contributed by atoms with Crippen LogP contribution in [0.25, 0.3) is 0 Å². The number of hydrogen-bond donors (Lipinski definition) is 3. The van der Waals surface area contributed by atoms with Crippen LogP contribution in [0.2, 0.25) is 0 Å². The molecule has 0 heterocycles. The highest BCUT2D eigenvalue weighted by atomic mass is 16.6. The van der Waals surface area contributed by atoms with Gasteiger partial charge in [-0.1, -0.05) is 167 Å². The average molecular weight is 735 g/mol. The van der Waals surface area contributed by atoms with Crippen LogP contribution in [0.15, 0.2) is 24.3 Å². The molecular formula is C44H78O8. The number of esters is 2. The second kappa shape index (κ2) is 33.5. The minimum Gasteiger partial charge on any atom is -0.463 e. The third-order valence-electron chi connectivity index (χ3n) is 10.3. The molecule has 1 aliphatic carbocycles. The highest BCUT2D eigenvalue weighted by Crippen LogP contribution is 2.33. The van der Waals surface area contributed by atoms with Gasteiger partial charge in [0.2, 0.25) is 0 Å². The molecule has 8 nitrogen and oxygen atoms in total. The summed E-state index contributed by atoms with van der Waals surface area (Å²) in [4.78, 5) is 36.6. The molecule has 1 aliphatic rings. The van der Waals surface area contributed by atoms with E-state index in [4.69, 9.17) is 9.47 Å². The maximum atomic E-state index is 12.4. The van der Waals surface area contributed by atoms with Crippen LogP contribution < -0.4 is 0 Å². The predicted molar refractivity (Wildman–Crippen MR) is 211 cm³/mol. The van der Waals surface area contributed by atoms with Gasteiger partial charge in [0.15, 0.2) is 0 Å². The summed E-state index contributed by atoms with van der Waals surface area (Å²) in [5, 5.41) is 30.6. The smallest absolute Gasteiger partial charge is 0.305 e. The summed E-state index contributed by atoms with van der Waals surface area (Å²) in [6.45, 7) is 3.99. The Kier molecular flexibility index (Phi) is 30.9. The number of ketones is 1. The minimum atomic E-state index is -1.05. The third kappa shape index (κ3) is 26.7. The predicted octanol–water partition coefficient (Wildman–Crippen LogP) is 10.0. The fraction of sp³-hybridized carbons (Fsp3) is 0.841. The monoisotopic (exact) mass is 735 g/mol. The second-order valence-electron chi connectivity index (χ2n) is 15.2. The van der Waals surface area contributed by atoms with E-state index in [0.717, 1.165) is 38.5 Å². The van der Waals surface area contributed by atoms with Gasteiger partial charge < -0.3 is 24.8 Å². The van der Waals surface area contributed by atoms with Crippen molar-refractivity contribution in [3.8, 4) is 0 Å². The summed E-state index contributed by atoms with van der Waals surface area (Å²) in [5.74, 6) is -1.33. The molecule has 52 heavy (non-hydrogen) atoms. The van der Waals surface area contributed by atoms with Crippen molar-refractivity contribution in [1.82, 2.24) is 0 Å². The van der Waals surface area contributed by atoms with E-state index in [1.54, 1.807) is 12.2 Å². The van der Waals surface area contributed by atoms with Gasteiger partial charge in [-0.05, 0) is 32.1 Å². The van der Waals surface area contributed by atoms with Crippen LogP contribution in [0.4, 0.5) is 0 Å². The first kappa shape index (κ1) is 48.0. The number of Topliss-reactive ketones (excluding diaryl/α,β-unsaturated/α-hetero) is 1. The number of carbonyl (C=O) groups excluding carboxylic acids is 3. The Hall–Kier alpha value is -2.03. The second-order valence-corrected chi connectivity index (χ2v) is 15.2. The van der Waals surface area contributed by atoms with Gasteiger partial charge in [0, 0.05) is 31.1 Å². The van der Waals surface area contributed by atoms with E-state index in [9.17, 15) is 29.7 Å². The van der Waals surface area contributed by atoms with Crippen LogP contribution in [0, 0.1) is 11.8 Å². The van der Waals surface area contributed by atoms with Crippen molar-refractivity contribution in [2.24, 2.45) is 11.8 Å². The largest absolute Gasteiger partial charge is 0.463 e. The van der Waals surface area contributed by atoms with Gasteiger partial charge in [0.25, 0.3) is 0 Å². The van der Waals surface area contributed by atoms with Crippen molar-refractivity contribution in [2.45, 2.75) is 212 Å². The fourth-order valence-electron chi connectivity index (χ4n) is 6.95. The highest BCUT2D eigenvalue weighted by molar-refractivity contribution is 5.84. The molecule has 0 aromatic heterocycles. The number of carbonyl (C=O) groups is 3. The summed E-state index contributed by atoms with van der Waals surface area (Å²) in [6, 6.07) is 0. The molecule has 8 heteroatoms. The Labute approximate surface area is 317 Å². The average Bonchev–Trinajstić information content (AvgIpc) is 3.40. The van der Waals surface area contributed by atoms with Crippen molar-refractivity contribution in [2.75, 3.05) is 13.2 Å². The molecule has 5 atom stereocenters. The lowest BCUT2D eigenvalue weighted by Crippen LogP contribution is -2.25. The summed E-state index contributed by atoms with van der Waals surface area (Å²) in [6.07, 6.45) is 34.5. The maximum Gasteiger partial charge on any atom is 0.305 e. The van der Waals surface area contributed by atoms with E-state index in [1.165, 1.54) is 96.3 Å². The summed E-state index contributed by atoms with van der Waals surface area (Å²) in [5.41, 5.74) is 0. The zero-order chi connectivity index (χ0) is 38.1. The van der Waals surface area contributed by atoms with Gasteiger partial charge in [-0.25, -0.2) is 0 Å². The van der Waals surface area contributed by atoms with Gasteiger partial charge >= 0.3 is 11.9 Å². The molecule has 302 valence electrons. The quantitative estimate of drug-likeness (QED) is 0.0333. The number of aliphatic hydroxyl groups excluding tert-OH is 3. The van der Waals surface area contributed by atoms with Crippen molar-refractivity contribution < 1.29 is 39.2 Å². The van der Waals surface area contributed by atoms with Gasteiger partial charge in [-0.2, -0.15) is 0 Å². The summed E-state index contributed by atoms with van der Waals surface area (Å²) < 4.78 is 10.3. The molecule has 0 saturated heterocycles. The molecule has 0 unspecified atom stereocenters. The number of rotatable bonds is 35. The maximum absolute atomic E-state index is 12.4. The van der Waals surface area contributed by atoms with E-state index < -0.39 is 24.3 Å². The van der Waals surface area contributed by atoms with Crippen molar-refractivity contribution in [3.63, 3.8) is 0 Å². The van der Waals surface area contributed by atoms with Crippen LogP contribution in [0.5, 0.6) is 0 Å². The number of unbranched alkanes of at least 4 members (excludes halogenated alkanes) is 20. The third-order valence-corrected chi connectivity index (χ3v) is 10.3. The van der Waals surface area contributed by atoms with E-state index in [1.807, 2.05) is 12.2 Å². The van der Waals surface area contributed by atoms with E-state index in [-0.39, 0.29) is 49.6 Å². The van der Waals surface area contributed by atoms with Crippen LogP contribution >= 0.6 is 0 Å². The minimum absolute atomic E-state index is 0.0330. The molecule has 0 aliphatic heterocycles. The summed E-state index contributed by atoms with van der Waals surface area (Å²) in [7, 11) is 0. The molecule has 0 spiro atoms. The molecule has 0 aromatic rings. The van der Waals surface area contributed by atoms with Crippen LogP contribution in [-0.4, -0.2) is 64.6 Å². The molecule has 3 N–H and O–H groups in total. The SMILES string of the molecule is CCCCCCCCCCCCCCCCCCCCC(=O)OC[C@H](O)COC(=O)CCC/C=C\C[C@H]1C(=O)C[C@@H](O)[C@@H]1/C=C/[C@@H](O)CCCCC. The first-order chi connectivity index (χ1) is 25.3. The number of ether oxygens (including phenoxy) is 2. The molecule has 0 amide bonds. The lowest BCUT2D eigenvalue weighted by molar-refractivity contribution is -0.152. The van der Waals surface area contributed by atoms with Gasteiger partial charge in [-0.3, -0.25) is 14.4 Å². The first-order valence-electron chi connectivity index (χ1n) is 21.5. The molecule has 0 aromatic carbocycles. The van der Waals surface area contributed by atoms with Gasteiger partial charge in [0.05, 0.1) is 12.2 Å². The number of hydrogen-bond acceptors (Lipinski definition) is 8. The molecule has 1 rings (SSSR count). The number of aliphatic hydroxyl groups is 3. The fourth-order valence-corrected chi connectivity index (χ4v) is 6.95. The van der Waals surface area contributed by atoms with Crippen molar-refractivity contribution >= 4 is 17.7 Å². The lowest BCUT2D eigenvalue weighted by Gasteiger charge is -2.16. The van der Waals surface area contributed by atoms with Gasteiger partial charge in [-0.15, -0.1) is 0 Å². The molecule has 1 fully saturated rings. The molecule has 0 bridgehead atoms. The Morgan fingerprint density at radius 1 is 0.673 bits per heavy atom. The first-order valence-corrected chi connectivity index (χ1v) is 21.5. The van der Waals surface area contributed by atoms with E-state index in [0.29, 0.717) is 32.1 Å². The highest BCUT2D eigenvalue weighted by Gasteiger charge is 2.39. The Morgan fingerprint density at radius 3 is 1.65 bits per heavy atom. The van der Waals surface area contributed by atoms with Crippen molar-refractivity contribution in [3.05, 3.63) is 24.3 Å². The molecular weight excluding hydrogens is 656 g/mol. The Morgan fingerprint density at radius 2 is 1.13 bits per heavy atom. The zero-order valence-corrected chi connectivity index (χ0v) is 33.3. The Balaban J connectivity index is 1.99. The van der Waals surface area contributed by atoms with E-state index in [2.05, 4.69) is 13.8 Å². The molecule has 1 saturated carbocycles. The topological polar surface area (TPSA) is 130 Å². The normalized spacial score (nSPS) is 18.8. The van der Waals surface area contributed by atoms with Gasteiger partial charge in [0.1, 0.15) is 25.1 Å². The van der Waals surface area contributed by atoms with Crippen LogP contribution in [0.1, 0.15) is 194 Å². The number of allylic oxidation sites excluding steroid dienone is 2. The van der Waals surface area contributed by atoms with Crippen LogP contribution in [0.3, 0.4) is 0 Å². The van der Waals surface area contributed by atoms with E-state index >= 15 is 0 Å². The van der Waals surface area contributed by atoms with Crippen LogP contribution in [-0.2, 0) is 23.9 Å².